The second kappa shape index (κ2) is 3.80. The van der Waals surface area contributed by atoms with Crippen molar-refractivity contribution in [3.8, 4) is 0 Å². The molecule has 0 radical (unpaired) electrons. The van der Waals surface area contributed by atoms with E-state index in [-0.39, 0.29) is 0 Å². The first-order chi connectivity index (χ1) is 6.76. The third-order valence-corrected chi connectivity index (χ3v) is 3.83. The largest absolute Gasteiger partial charge is 0.382 e. The van der Waals surface area contributed by atoms with Crippen LogP contribution in [-0.4, -0.2) is 6.04 Å². The molecule has 0 bridgehead atoms. The molecule has 1 heterocycles. The number of fused-ring (bicyclic) bond motifs is 1. The highest BCUT2D eigenvalue weighted by molar-refractivity contribution is 5.21. The summed E-state index contributed by atoms with van der Waals surface area (Å²) in [6, 6.07) is 0.515. The SMILES string of the molecule is C=CC1NC2=CCC(C)CC2C1CC. The van der Waals surface area contributed by atoms with Crippen LogP contribution in [0.1, 0.15) is 33.1 Å². The van der Waals surface area contributed by atoms with Gasteiger partial charge in [0.15, 0.2) is 0 Å². The summed E-state index contributed by atoms with van der Waals surface area (Å²) >= 11 is 0. The fourth-order valence-electron chi connectivity index (χ4n) is 3.03. The molecule has 0 spiro atoms. The normalized spacial score (nSPS) is 41.1. The van der Waals surface area contributed by atoms with Gasteiger partial charge in [0.2, 0.25) is 0 Å². The van der Waals surface area contributed by atoms with Gasteiger partial charge in [0.1, 0.15) is 0 Å². The molecule has 1 nitrogen and oxygen atoms in total. The van der Waals surface area contributed by atoms with Gasteiger partial charge < -0.3 is 5.32 Å². The average molecular weight is 191 g/mol. The minimum atomic E-state index is 0.515. The van der Waals surface area contributed by atoms with Crippen molar-refractivity contribution in [2.24, 2.45) is 17.8 Å². The summed E-state index contributed by atoms with van der Waals surface area (Å²) in [5, 5.41) is 3.61. The summed E-state index contributed by atoms with van der Waals surface area (Å²) < 4.78 is 0. The lowest BCUT2D eigenvalue weighted by molar-refractivity contribution is 0.318. The van der Waals surface area contributed by atoms with E-state index >= 15 is 0 Å². The van der Waals surface area contributed by atoms with E-state index in [4.69, 9.17) is 0 Å². The maximum absolute atomic E-state index is 3.93. The summed E-state index contributed by atoms with van der Waals surface area (Å²) in [4.78, 5) is 0. The summed E-state index contributed by atoms with van der Waals surface area (Å²) in [5.41, 5.74) is 1.50. The molecule has 0 amide bonds. The van der Waals surface area contributed by atoms with E-state index in [1.807, 2.05) is 0 Å². The highest BCUT2D eigenvalue weighted by Crippen LogP contribution is 2.41. The number of rotatable bonds is 2. The van der Waals surface area contributed by atoms with E-state index in [9.17, 15) is 0 Å². The van der Waals surface area contributed by atoms with E-state index in [1.165, 1.54) is 25.0 Å². The molecule has 4 unspecified atom stereocenters. The Bertz CT molecular complexity index is 254. The Labute approximate surface area is 87.3 Å². The fourth-order valence-corrected chi connectivity index (χ4v) is 3.03. The van der Waals surface area contributed by atoms with Crippen molar-refractivity contribution < 1.29 is 0 Å². The van der Waals surface area contributed by atoms with E-state index in [1.54, 1.807) is 0 Å². The first-order valence-corrected chi connectivity index (χ1v) is 5.85. The number of hydrogen-bond acceptors (Lipinski definition) is 1. The van der Waals surface area contributed by atoms with Crippen LogP contribution in [0.15, 0.2) is 24.4 Å². The van der Waals surface area contributed by atoms with Crippen LogP contribution in [0.4, 0.5) is 0 Å². The van der Waals surface area contributed by atoms with Gasteiger partial charge in [-0.1, -0.05) is 32.4 Å². The zero-order chi connectivity index (χ0) is 10.1. The summed E-state index contributed by atoms with van der Waals surface area (Å²) in [6.45, 7) is 8.59. The minimum Gasteiger partial charge on any atom is -0.382 e. The van der Waals surface area contributed by atoms with E-state index in [2.05, 4.69) is 37.9 Å². The molecule has 14 heavy (non-hydrogen) atoms. The third kappa shape index (κ3) is 1.49. The van der Waals surface area contributed by atoms with Gasteiger partial charge in [0.05, 0.1) is 0 Å². The molecule has 1 heteroatoms. The van der Waals surface area contributed by atoms with Crippen LogP contribution < -0.4 is 5.32 Å². The molecule has 4 atom stereocenters. The minimum absolute atomic E-state index is 0.515. The summed E-state index contributed by atoms with van der Waals surface area (Å²) in [7, 11) is 0. The van der Waals surface area contributed by atoms with E-state index in [0.29, 0.717) is 6.04 Å². The van der Waals surface area contributed by atoms with Gasteiger partial charge in [-0.25, -0.2) is 0 Å². The molecule has 1 N–H and O–H groups in total. The van der Waals surface area contributed by atoms with Gasteiger partial charge in [-0.3, -0.25) is 0 Å². The van der Waals surface area contributed by atoms with Gasteiger partial charge in [0, 0.05) is 17.7 Å². The van der Waals surface area contributed by atoms with Crippen LogP contribution in [0.3, 0.4) is 0 Å². The van der Waals surface area contributed by atoms with Crippen molar-refractivity contribution in [1.82, 2.24) is 5.32 Å². The number of allylic oxidation sites excluding steroid dienone is 2. The maximum Gasteiger partial charge on any atom is 0.0473 e. The lowest BCUT2D eigenvalue weighted by Crippen LogP contribution is -2.23. The topological polar surface area (TPSA) is 12.0 Å². The Hall–Kier alpha value is -0.720. The Balaban J connectivity index is 2.19. The second-order valence-electron chi connectivity index (χ2n) is 4.82. The molecule has 2 aliphatic rings. The Kier molecular flexibility index (Phi) is 2.66. The third-order valence-electron chi connectivity index (χ3n) is 3.83. The molecular weight excluding hydrogens is 170 g/mol. The zero-order valence-corrected chi connectivity index (χ0v) is 9.29. The molecule has 0 aromatic rings. The highest BCUT2D eigenvalue weighted by atomic mass is 15.0. The van der Waals surface area contributed by atoms with Crippen molar-refractivity contribution in [1.29, 1.82) is 0 Å². The molecule has 1 aliphatic carbocycles. The van der Waals surface area contributed by atoms with Crippen LogP contribution in [0.2, 0.25) is 0 Å². The lowest BCUT2D eigenvalue weighted by Gasteiger charge is -2.26. The molecular formula is C13H21N. The van der Waals surface area contributed by atoms with Gasteiger partial charge in [-0.15, -0.1) is 6.58 Å². The summed E-state index contributed by atoms with van der Waals surface area (Å²) in [6.07, 6.45) is 8.36. The van der Waals surface area contributed by atoms with Crippen LogP contribution in [0, 0.1) is 17.8 Å². The van der Waals surface area contributed by atoms with Crippen molar-refractivity contribution in [2.75, 3.05) is 0 Å². The molecule has 0 aromatic heterocycles. The number of hydrogen-bond donors (Lipinski definition) is 1. The smallest absolute Gasteiger partial charge is 0.0473 e. The average Bonchev–Trinajstić information content (AvgIpc) is 2.54. The predicted molar refractivity (Wildman–Crippen MR) is 60.9 cm³/mol. The maximum atomic E-state index is 3.93. The summed E-state index contributed by atoms with van der Waals surface area (Å²) in [5.74, 6) is 2.43. The van der Waals surface area contributed by atoms with Gasteiger partial charge >= 0.3 is 0 Å². The number of nitrogens with one attached hydrogen (secondary N) is 1. The quantitative estimate of drug-likeness (QED) is 0.661. The van der Waals surface area contributed by atoms with E-state index in [0.717, 1.165) is 17.8 Å². The van der Waals surface area contributed by atoms with E-state index < -0.39 is 0 Å². The molecule has 0 aromatic carbocycles. The molecule has 1 fully saturated rings. The Morgan fingerprint density at radius 3 is 3.07 bits per heavy atom. The first kappa shape index (κ1) is 9.82. The molecule has 0 saturated carbocycles. The first-order valence-electron chi connectivity index (χ1n) is 5.85. The molecule has 1 saturated heterocycles. The zero-order valence-electron chi connectivity index (χ0n) is 9.29. The second-order valence-corrected chi connectivity index (χ2v) is 4.82. The van der Waals surface area contributed by atoms with Gasteiger partial charge in [0.25, 0.3) is 0 Å². The lowest BCUT2D eigenvalue weighted by atomic mass is 9.77. The van der Waals surface area contributed by atoms with Crippen LogP contribution in [0.5, 0.6) is 0 Å². The van der Waals surface area contributed by atoms with Crippen molar-refractivity contribution in [2.45, 2.75) is 39.2 Å². The van der Waals surface area contributed by atoms with Gasteiger partial charge in [-0.2, -0.15) is 0 Å². The molecule has 2 rings (SSSR count). The van der Waals surface area contributed by atoms with Crippen molar-refractivity contribution in [3.63, 3.8) is 0 Å². The monoisotopic (exact) mass is 191 g/mol. The predicted octanol–water partition coefficient (Wildman–Crippen LogP) is 3.10. The van der Waals surface area contributed by atoms with Crippen molar-refractivity contribution >= 4 is 0 Å². The fraction of sp³-hybridized carbons (Fsp3) is 0.692. The standard InChI is InChI=1S/C13H21N/c1-4-10-11-8-9(3)6-7-13(11)14-12(10)5-2/h5,7,9-12,14H,2,4,6,8H2,1,3H3. The highest BCUT2D eigenvalue weighted by Gasteiger charge is 2.38. The van der Waals surface area contributed by atoms with Crippen LogP contribution in [0.25, 0.3) is 0 Å². The van der Waals surface area contributed by atoms with Crippen molar-refractivity contribution in [3.05, 3.63) is 24.4 Å². The Morgan fingerprint density at radius 1 is 1.64 bits per heavy atom. The van der Waals surface area contributed by atoms with Crippen LogP contribution in [-0.2, 0) is 0 Å². The molecule has 1 aliphatic heterocycles. The Morgan fingerprint density at radius 2 is 2.43 bits per heavy atom. The van der Waals surface area contributed by atoms with Crippen LogP contribution >= 0.6 is 0 Å². The van der Waals surface area contributed by atoms with Gasteiger partial charge in [-0.05, 0) is 24.7 Å². The molecule has 78 valence electrons.